The third kappa shape index (κ3) is 10.5. The summed E-state index contributed by atoms with van der Waals surface area (Å²) < 4.78 is 7.63. The van der Waals surface area contributed by atoms with Crippen LogP contribution in [0, 0.1) is 46.0 Å². The molecule has 1 heteroatoms. The van der Waals surface area contributed by atoms with Crippen LogP contribution in [0.4, 0.5) is 0 Å². The van der Waals surface area contributed by atoms with Crippen LogP contribution in [0.25, 0.3) is 22.3 Å². The van der Waals surface area contributed by atoms with E-state index in [2.05, 4.69) is 145 Å². The molecule has 0 heterocycles. The van der Waals surface area contributed by atoms with E-state index in [9.17, 15) is 0 Å². The monoisotopic (exact) mass is 866 g/mol. The van der Waals surface area contributed by atoms with Crippen LogP contribution >= 0.6 is 0 Å². The van der Waals surface area contributed by atoms with Gasteiger partial charge in [-0.1, -0.05) is 0 Å². The van der Waals surface area contributed by atoms with Crippen molar-refractivity contribution in [3.8, 4) is 68.3 Å². The first-order valence-corrected chi connectivity index (χ1v) is 30.6. The number of terminal acetylenes is 2. The molecule has 6 rings (SSSR count). The number of hydrogen-bond donors (Lipinski definition) is 0. The topological polar surface area (TPSA) is 0 Å². The first-order valence-electron chi connectivity index (χ1n) is 24.3. The molecule has 4 aromatic carbocycles. The van der Waals surface area contributed by atoms with E-state index in [1.54, 1.807) is 0 Å². The molecule has 0 atom stereocenters. The first-order chi connectivity index (χ1) is 29.7. The second kappa shape index (κ2) is 21.6. The maximum atomic E-state index is 6.02. The van der Waals surface area contributed by atoms with Crippen molar-refractivity contribution >= 4 is 13.3 Å². The van der Waals surface area contributed by atoms with Gasteiger partial charge < -0.3 is 0 Å². The zero-order valence-electron chi connectivity index (χ0n) is 38.7. The van der Waals surface area contributed by atoms with Crippen molar-refractivity contribution in [2.75, 3.05) is 0 Å². The van der Waals surface area contributed by atoms with Gasteiger partial charge in [0.15, 0.2) is 0 Å². The Bertz CT molecular complexity index is 2160. The number of unbranched alkanes of at least 4 members (excludes halogenated alkanes) is 12. The van der Waals surface area contributed by atoms with Gasteiger partial charge >= 0.3 is 377 Å². The molecule has 4 aromatic rings. The second-order valence-corrected chi connectivity index (χ2v) is 26.7. The van der Waals surface area contributed by atoms with Gasteiger partial charge in [0.2, 0.25) is 0 Å². The Morgan fingerprint density at radius 2 is 0.672 bits per heavy atom. The molecule has 2 aliphatic rings. The summed E-state index contributed by atoms with van der Waals surface area (Å²) in [5.74, 6) is 18.1. The van der Waals surface area contributed by atoms with Gasteiger partial charge in [-0.15, -0.1) is 0 Å². The van der Waals surface area contributed by atoms with E-state index >= 15 is 0 Å². The molecular weight excluding hydrogens is 793 g/mol. The molecular formula is C60H72Ge. The van der Waals surface area contributed by atoms with Crippen molar-refractivity contribution in [1.82, 2.24) is 0 Å². The van der Waals surface area contributed by atoms with Crippen molar-refractivity contribution in [2.24, 2.45) is 0 Å². The van der Waals surface area contributed by atoms with Crippen LogP contribution in [0.1, 0.15) is 201 Å². The van der Waals surface area contributed by atoms with E-state index in [0.717, 1.165) is 47.9 Å². The first kappa shape index (κ1) is 46.2. The van der Waals surface area contributed by atoms with Crippen molar-refractivity contribution in [1.29, 1.82) is 0 Å². The van der Waals surface area contributed by atoms with Crippen LogP contribution in [-0.2, 0) is 10.8 Å². The molecule has 0 spiro atoms. The van der Waals surface area contributed by atoms with Crippen LogP contribution in [0.5, 0.6) is 0 Å². The zero-order valence-corrected chi connectivity index (χ0v) is 40.8. The molecule has 0 unspecified atom stereocenters. The average Bonchev–Trinajstić information content (AvgIpc) is 3.70. The molecule has 0 nitrogen and oxygen atoms in total. The minimum atomic E-state index is -2.84. The van der Waals surface area contributed by atoms with Gasteiger partial charge in [-0.2, -0.15) is 0 Å². The Kier molecular flexibility index (Phi) is 16.4. The Hall–Kier alpha value is -4.34. The standard InChI is InChI=1S/C60H72Ge/c1-9-15-19-23-37-59(38-24-20-16-10-2)55-43-47(13-5)27-31-51(55)53-33-29-49(45-57(53)59)35-41-61(7,8)42-36-50-30-34-54-52-32-28-48(14-6)44-56(52)60(58(54)46-50,39-25-21-17-11-3)40-26-22-18-12-4/h5-6,27-34,43-46H,9-12,15-26,37-40H2,1-4,7-8H3. The fraction of sp³-hybridized carbons (Fsp3) is 0.467. The molecule has 0 saturated carbocycles. The quantitative estimate of drug-likeness (QED) is 0.0472. The van der Waals surface area contributed by atoms with Gasteiger partial charge in [-0.05, 0) is 0 Å². The Balaban J connectivity index is 1.34. The Morgan fingerprint density at radius 1 is 0.393 bits per heavy atom. The fourth-order valence-corrected chi connectivity index (χ4v) is 12.6. The van der Waals surface area contributed by atoms with Crippen LogP contribution in [0.2, 0.25) is 11.5 Å². The van der Waals surface area contributed by atoms with Crippen LogP contribution < -0.4 is 0 Å². The molecule has 0 aromatic heterocycles. The van der Waals surface area contributed by atoms with Gasteiger partial charge in [0.05, 0.1) is 0 Å². The van der Waals surface area contributed by atoms with Crippen LogP contribution in [0.3, 0.4) is 0 Å². The average molecular weight is 866 g/mol. The van der Waals surface area contributed by atoms with Crippen molar-refractivity contribution in [2.45, 2.75) is 178 Å². The molecule has 61 heavy (non-hydrogen) atoms. The molecule has 0 bridgehead atoms. The van der Waals surface area contributed by atoms with Crippen LogP contribution in [0.15, 0.2) is 72.8 Å². The summed E-state index contributed by atoms with van der Waals surface area (Å²) in [6, 6.07) is 27.6. The van der Waals surface area contributed by atoms with Crippen molar-refractivity contribution in [3.63, 3.8) is 0 Å². The number of hydrogen-bond acceptors (Lipinski definition) is 0. The minimum absolute atomic E-state index is 0.0235. The molecule has 0 saturated heterocycles. The van der Waals surface area contributed by atoms with E-state index in [0.29, 0.717) is 0 Å². The molecule has 2 aliphatic carbocycles. The summed E-state index contributed by atoms with van der Waals surface area (Å²) in [7, 11) is 0. The fourth-order valence-electron chi connectivity index (χ4n) is 10.6. The SMILES string of the molecule is C#Cc1ccc2c(c1)C(CCCCCC)(CCCCCC)c1cc(C#[C][Ge]([CH3])([CH3])[C]#Cc3ccc4c(c3)C(CCCCCC)(CCCCCC)c3cc(C#C)ccc3-4)ccc1-2. The van der Waals surface area contributed by atoms with E-state index in [4.69, 9.17) is 12.8 Å². The number of fused-ring (bicyclic) bond motifs is 6. The predicted molar refractivity (Wildman–Crippen MR) is 267 cm³/mol. The van der Waals surface area contributed by atoms with Gasteiger partial charge in [0.25, 0.3) is 0 Å². The molecule has 0 fully saturated rings. The summed E-state index contributed by atoms with van der Waals surface area (Å²) >= 11 is -2.84. The third-order valence-electron chi connectivity index (χ3n) is 13.9. The number of benzene rings is 4. The molecule has 0 amide bonds. The Morgan fingerprint density at radius 3 is 0.951 bits per heavy atom. The van der Waals surface area contributed by atoms with E-state index < -0.39 is 13.3 Å². The van der Waals surface area contributed by atoms with Gasteiger partial charge in [0.1, 0.15) is 0 Å². The Labute approximate surface area is 375 Å². The molecule has 316 valence electrons. The van der Waals surface area contributed by atoms with Crippen molar-refractivity contribution in [3.05, 3.63) is 117 Å². The summed E-state index contributed by atoms with van der Waals surface area (Å²) in [5.41, 5.74) is 15.5. The molecule has 0 radical (unpaired) electrons. The van der Waals surface area contributed by atoms with Crippen molar-refractivity contribution < 1.29 is 0 Å². The normalized spacial score (nSPS) is 13.7. The van der Waals surface area contributed by atoms with E-state index in [1.165, 1.54) is 147 Å². The summed E-state index contributed by atoms with van der Waals surface area (Å²) in [6.07, 6.45) is 36.8. The van der Waals surface area contributed by atoms with Gasteiger partial charge in [-0.3, -0.25) is 0 Å². The zero-order chi connectivity index (χ0) is 43.3. The van der Waals surface area contributed by atoms with E-state index in [1.807, 2.05) is 0 Å². The molecule has 0 N–H and O–H groups in total. The number of rotatable bonds is 20. The summed E-state index contributed by atoms with van der Waals surface area (Å²) in [6.45, 7) is 9.22. The second-order valence-electron chi connectivity index (χ2n) is 18.9. The van der Waals surface area contributed by atoms with Gasteiger partial charge in [-0.25, -0.2) is 0 Å². The molecule has 0 aliphatic heterocycles. The van der Waals surface area contributed by atoms with Crippen LogP contribution in [-0.4, -0.2) is 13.3 Å². The summed E-state index contributed by atoms with van der Waals surface area (Å²) in [5, 5.41) is 0. The maximum absolute atomic E-state index is 6.02. The van der Waals surface area contributed by atoms with E-state index in [-0.39, 0.29) is 10.8 Å². The third-order valence-corrected chi connectivity index (χ3v) is 17.1. The predicted octanol–water partition coefficient (Wildman–Crippen LogP) is 16.3. The summed E-state index contributed by atoms with van der Waals surface area (Å²) in [4.78, 5) is 0. The van der Waals surface area contributed by atoms with Gasteiger partial charge in [0, 0.05) is 0 Å².